The highest BCUT2D eigenvalue weighted by Gasteiger charge is 2.52. The van der Waals surface area contributed by atoms with Gasteiger partial charge in [0.15, 0.2) is 10.8 Å². The lowest BCUT2D eigenvalue weighted by Crippen LogP contribution is -2.42. The second-order valence-corrected chi connectivity index (χ2v) is 11.2. The first kappa shape index (κ1) is 25.3. The van der Waals surface area contributed by atoms with Crippen molar-refractivity contribution in [3.05, 3.63) is 62.5 Å². The van der Waals surface area contributed by atoms with Gasteiger partial charge in [-0.2, -0.15) is 0 Å². The molecule has 0 amide bonds. The van der Waals surface area contributed by atoms with Gasteiger partial charge in [0.05, 0.1) is 12.7 Å². The van der Waals surface area contributed by atoms with Gasteiger partial charge in [0.2, 0.25) is 0 Å². The second kappa shape index (κ2) is 10.2. The van der Waals surface area contributed by atoms with E-state index in [1.807, 2.05) is 24.4 Å². The van der Waals surface area contributed by atoms with Crippen LogP contribution in [0.4, 0.5) is 4.39 Å². The number of carbonyl (C=O) groups excluding carboxylic acids is 1. The van der Waals surface area contributed by atoms with Crippen LogP contribution in [0.3, 0.4) is 0 Å². The number of nitrogens with one attached hydrogen (secondary N) is 1. The normalized spacial score (nSPS) is 23.4. The van der Waals surface area contributed by atoms with Gasteiger partial charge in [-0.15, -0.1) is 11.3 Å². The largest absolute Gasteiger partial charge is 0.466 e. The van der Waals surface area contributed by atoms with E-state index in [1.165, 1.54) is 49.8 Å². The molecule has 2 fully saturated rings. The fourth-order valence-electron chi connectivity index (χ4n) is 5.52. The van der Waals surface area contributed by atoms with Gasteiger partial charge in [0, 0.05) is 54.0 Å². The van der Waals surface area contributed by atoms with Gasteiger partial charge in [0.1, 0.15) is 11.9 Å². The zero-order valence-corrected chi connectivity index (χ0v) is 22.3. The molecular weight excluding hydrogens is 501 g/mol. The maximum absolute atomic E-state index is 13.9. The number of aliphatic imine (C=N–C) groups is 1. The van der Waals surface area contributed by atoms with Crippen LogP contribution in [-0.2, 0) is 9.53 Å². The average Bonchev–Trinajstić information content (AvgIpc) is 3.25. The van der Waals surface area contributed by atoms with Gasteiger partial charge >= 0.3 is 5.97 Å². The molecule has 1 aliphatic carbocycles. The Bertz CT molecular complexity index is 1200. The molecular formula is C26H31ClFN5O2S. The molecule has 1 aromatic heterocycles. The first-order chi connectivity index (χ1) is 17.4. The zero-order chi connectivity index (χ0) is 25.4. The van der Waals surface area contributed by atoms with Gasteiger partial charge in [-0.05, 0) is 56.8 Å². The lowest BCUT2D eigenvalue weighted by molar-refractivity contribution is -0.136. The number of likely N-dealkylation sites (tertiary alicyclic amines) is 1. The minimum absolute atomic E-state index is 0.220. The van der Waals surface area contributed by atoms with E-state index >= 15 is 0 Å². The number of likely N-dealkylation sites (N-methyl/N-ethyl adjacent to an activating group) is 1. The van der Waals surface area contributed by atoms with Crippen molar-refractivity contribution in [1.29, 1.82) is 0 Å². The number of benzene rings is 1. The van der Waals surface area contributed by atoms with Gasteiger partial charge in [0.25, 0.3) is 0 Å². The number of carbonyl (C=O) groups is 1. The van der Waals surface area contributed by atoms with Crippen LogP contribution in [-0.4, -0.2) is 73.5 Å². The summed E-state index contributed by atoms with van der Waals surface area (Å²) in [6.45, 7) is 2.53. The first-order valence-electron chi connectivity index (χ1n) is 12.2. The summed E-state index contributed by atoms with van der Waals surface area (Å²) in [6.07, 6.45) is 6.49. The molecule has 1 aromatic carbocycles. The van der Waals surface area contributed by atoms with E-state index in [-0.39, 0.29) is 5.02 Å². The van der Waals surface area contributed by atoms with Gasteiger partial charge < -0.3 is 15.0 Å². The SMILES string of the molecule is CNCC[C@@H]1CC2(CC2)CN1CC1=C(C(=O)OC)[C@H](c2ccc(F)cc2Cl)N=C(c2nccs2)N1C. The molecule has 3 heterocycles. The summed E-state index contributed by atoms with van der Waals surface area (Å²) in [5.74, 6) is -0.245. The zero-order valence-electron chi connectivity index (χ0n) is 20.8. The summed E-state index contributed by atoms with van der Waals surface area (Å²) in [5, 5.41) is 6.14. The number of halogens is 2. The van der Waals surface area contributed by atoms with Crippen molar-refractivity contribution in [1.82, 2.24) is 20.1 Å². The van der Waals surface area contributed by atoms with E-state index in [1.54, 1.807) is 12.3 Å². The summed E-state index contributed by atoms with van der Waals surface area (Å²) in [7, 11) is 5.28. The number of aromatic nitrogens is 1. The van der Waals surface area contributed by atoms with Crippen LogP contribution in [0, 0.1) is 11.2 Å². The Morgan fingerprint density at radius 2 is 2.19 bits per heavy atom. The highest BCUT2D eigenvalue weighted by molar-refractivity contribution is 7.11. The van der Waals surface area contributed by atoms with E-state index in [4.69, 9.17) is 21.3 Å². The van der Waals surface area contributed by atoms with Crippen LogP contribution in [0.15, 0.2) is 46.0 Å². The minimum Gasteiger partial charge on any atom is -0.466 e. The number of amidine groups is 1. The Labute approximate surface area is 220 Å². The van der Waals surface area contributed by atoms with Crippen molar-refractivity contribution < 1.29 is 13.9 Å². The summed E-state index contributed by atoms with van der Waals surface area (Å²) in [6, 6.07) is 3.89. The van der Waals surface area contributed by atoms with Gasteiger partial charge in [-0.1, -0.05) is 17.7 Å². The standard InChI is InChI=1S/C26H31ClFN5O2S/c1-29-9-6-17-13-26(7-8-26)15-33(17)14-20-21(25(34)35-3)22(18-5-4-16(28)12-19(18)27)31-23(32(20)2)24-30-10-11-36-24/h4-5,10-12,17,22,29H,6-9,13-15H2,1-3H3/t17-,22+/m1/s1. The highest BCUT2D eigenvalue weighted by Crippen LogP contribution is 2.55. The van der Waals surface area contributed by atoms with E-state index < -0.39 is 17.8 Å². The second-order valence-electron chi connectivity index (χ2n) is 9.92. The van der Waals surface area contributed by atoms with Gasteiger partial charge in [-0.25, -0.2) is 14.2 Å². The Balaban J connectivity index is 1.60. The molecule has 1 spiro atoms. The molecule has 36 heavy (non-hydrogen) atoms. The average molecular weight is 532 g/mol. The Hall–Kier alpha value is -2.33. The number of ether oxygens (including phenoxy) is 1. The number of hydrogen-bond acceptors (Lipinski definition) is 8. The first-order valence-corrected chi connectivity index (χ1v) is 13.5. The molecule has 2 aliphatic heterocycles. The van der Waals surface area contributed by atoms with E-state index in [2.05, 4.69) is 15.2 Å². The van der Waals surface area contributed by atoms with Crippen LogP contribution in [0.5, 0.6) is 0 Å². The Morgan fingerprint density at radius 3 is 2.83 bits per heavy atom. The lowest BCUT2D eigenvalue weighted by atomic mass is 9.94. The molecule has 10 heteroatoms. The number of rotatable bonds is 8. The van der Waals surface area contributed by atoms with Gasteiger partial charge in [-0.3, -0.25) is 9.89 Å². The number of esters is 1. The summed E-state index contributed by atoms with van der Waals surface area (Å²) >= 11 is 7.98. The van der Waals surface area contributed by atoms with Crippen molar-refractivity contribution in [2.45, 2.75) is 37.8 Å². The van der Waals surface area contributed by atoms with Crippen molar-refractivity contribution in [2.24, 2.45) is 10.4 Å². The third-order valence-electron chi connectivity index (χ3n) is 7.61. The minimum atomic E-state index is -0.733. The number of nitrogens with zero attached hydrogens (tertiary/aromatic N) is 4. The molecule has 1 saturated carbocycles. The molecule has 1 saturated heterocycles. The third kappa shape index (κ3) is 4.81. The molecule has 0 radical (unpaired) electrons. The summed E-state index contributed by atoms with van der Waals surface area (Å²) < 4.78 is 19.2. The smallest absolute Gasteiger partial charge is 0.338 e. The number of hydrogen-bond donors (Lipinski definition) is 1. The van der Waals surface area contributed by atoms with Crippen molar-refractivity contribution in [2.75, 3.05) is 40.8 Å². The molecule has 192 valence electrons. The lowest BCUT2D eigenvalue weighted by Gasteiger charge is -2.36. The maximum atomic E-state index is 13.9. The van der Waals surface area contributed by atoms with Crippen LogP contribution in [0.1, 0.15) is 42.3 Å². The topological polar surface area (TPSA) is 70.1 Å². The molecule has 0 bridgehead atoms. The van der Waals surface area contributed by atoms with E-state index in [0.717, 1.165) is 30.2 Å². The predicted molar refractivity (Wildman–Crippen MR) is 140 cm³/mol. The van der Waals surface area contributed by atoms with Crippen molar-refractivity contribution in [3.63, 3.8) is 0 Å². The van der Waals surface area contributed by atoms with Crippen molar-refractivity contribution >= 4 is 34.7 Å². The van der Waals surface area contributed by atoms with E-state index in [0.29, 0.717) is 35.0 Å². The highest BCUT2D eigenvalue weighted by atomic mass is 35.5. The fourth-order valence-corrected chi connectivity index (χ4v) is 6.45. The molecule has 2 atom stereocenters. The van der Waals surface area contributed by atoms with Crippen LogP contribution >= 0.6 is 22.9 Å². The molecule has 0 unspecified atom stereocenters. The third-order valence-corrected chi connectivity index (χ3v) is 8.70. The molecule has 5 rings (SSSR count). The number of methoxy groups -OCH3 is 1. The molecule has 2 aromatic rings. The summed E-state index contributed by atoms with van der Waals surface area (Å²) in [4.78, 5) is 27.2. The van der Waals surface area contributed by atoms with Crippen molar-refractivity contribution in [3.8, 4) is 0 Å². The summed E-state index contributed by atoms with van der Waals surface area (Å²) in [5.41, 5.74) is 2.21. The Kier molecular flexibility index (Phi) is 7.18. The maximum Gasteiger partial charge on any atom is 0.338 e. The molecule has 3 aliphatic rings. The fraction of sp³-hybridized carbons (Fsp3) is 0.500. The van der Waals surface area contributed by atoms with Crippen LogP contribution in [0.25, 0.3) is 0 Å². The monoisotopic (exact) mass is 531 g/mol. The van der Waals surface area contributed by atoms with Crippen LogP contribution in [0.2, 0.25) is 5.02 Å². The molecule has 1 N–H and O–H groups in total. The van der Waals surface area contributed by atoms with E-state index in [9.17, 15) is 9.18 Å². The number of thiazole rings is 1. The Morgan fingerprint density at radius 1 is 1.39 bits per heavy atom. The van der Waals surface area contributed by atoms with Crippen LogP contribution < -0.4 is 5.32 Å². The predicted octanol–water partition coefficient (Wildman–Crippen LogP) is 4.26. The molecule has 7 nitrogen and oxygen atoms in total. The quantitative estimate of drug-likeness (QED) is 0.513.